The third-order valence-corrected chi connectivity index (χ3v) is 4.59. The zero-order valence-corrected chi connectivity index (χ0v) is 14.9. The van der Waals surface area contributed by atoms with Crippen LogP contribution in [0.2, 0.25) is 0 Å². The van der Waals surface area contributed by atoms with Crippen LogP contribution in [0, 0.1) is 0 Å². The number of amides is 2. The fourth-order valence-electron chi connectivity index (χ4n) is 3.40. The minimum atomic E-state index is -0.462. The molecule has 2 aromatic rings. The highest BCUT2D eigenvalue weighted by molar-refractivity contribution is 5.93. The Hall–Kier alpha value is -2.05. The van der Waals surface area contributed by atoms with Crippen molar-refractivity contribution in [3.05, 3.63) is 30.5 Å². The molecule has 0 radical (unpaired) electrons. The topological polar surface area (TPSA) is 66.7 Å². The number of ether oxygens (including phenoxy) is 1. The summed E-state index contributed by atoms with van der Waals surface area (Å²) in [4.78, 5) is 14.5. The molecule has 0 spiro atoms. The number of anilines is 1. The van der Waals surface area contributed by atoms with Crippen molar-refractivity contribution in [3.63, 3.8) is 0 Å². The summed E-state index contributed by atoms with van der Waals surface area (Å²) < 4.78 is 7.67. The second kappa shape index (κ2) is 7.89. The van der Waals surface area contributed by atoms with Gasteiger partial charge in [-0.05, 0) is 43.4 Å². The number of carbonyl (C=O) groups is 1. The maximum absolute atomic E-state index is 12.7. The van der Waals surface area contributed by atoms with Gasteiger partial charge >= 0.3 is 6.03 Å². The van der Waals surface area contributed by atoms with Crippen LogP contribution in [0.5, 0.6) is 0 Å². The third kappa shape index (κ3) is 4.14. The predicted molar refractivity (Wildman–Crippen MR) is 98.9 cm³/mol. The van der Waals surface area contributed by atoms with Crippen molar-refractivity contribution in [2.75, 3.05) is 25.1 Å². The van der Waals surface area contributed by atoms with Gasteiger partial charge in [-0.15, -0.1) is 0 Å². The number of rotatable bonds is 5. The number of nitrogens with zero attached hydrogens (tertiary/aromatic N) is 2. The lowest BCUT2D eigenvalue weighted by Crippen LogP contribution is -2.51. The van der Waals surface area contributed by atoms with E-state index in [0.717, 1.165) is 24.2 Å². The summed E-state index contributed by atoms with van der Waals surface area (Å²) in [7, 11) is 0. The predicted octanol–water partition coefficient (Wildman–Crippen LogP) is 3.05. The molecule has 0 unspecified atom stereocenters. The van der Waals surface area contributed by atoms with E-state index in [2.05, 4.69) is 29.1 Å². The number of urea groups is 1. The van der Waals surface area contributed by atoms with E-state index in [4.69, 9.17) is 4.74 Å². The lowest BCUT2D eigenvalue weighted by molar-refractivity contribution is -0.00160. The maximum Gasteiger partial charge on any atom is 0.322 e. The van der Waals surface area contributed by atoms with Gasteiger partial charge in [-0.2, -0.15) is 0 Å². The van der Waals surface area contributed by atoms with Crippen molar-refractivity contribution in [1.82, 2.24) is 9.47 Å². The van der Waals surface area contributed by atoms with Crippen LogP contribution in [0.25, 0.3) is 10.9 Å². The summed E-state index contributed by atoms with van der Waals surface area (Å²) in [6.45, 7) is 6.38. The Kier molecular flexibility index (Phi) is 5.60. The Morgan fingerprint density at radius 1 is 1.44 bits per heavy atom. The lowest BCUT2D eigenvalue weighted by Gasteiger charge is -2.36. The molecule has 136 valence electrons. The minimum absolute atomic E-state index is 0.0959. The van der Waals surface area contributed by atoms with Crippen LogP contribution in [-0.2, 0) is 11.3 Å². The highest BCUT2D eigenvalue weighted by Crippen LogP contribution is 2.22. The first kappa shape index (κ1) is 17.8. The Bertz CT molecular complexity index is 726. The van der Waals surface area contributed by atoms with E-state index >= 15 is 0 Å². The van der Waals surface area contributed by atoms with Crippen molar-refractivity contribution in [3.8, 4) is 0 Å². The zero-order valence-electron chi connectivity index (χ0n) is 14.9. The van der Waals surface area contributed by atoms with Gasteiger partial charge in [0.25, 0.3) is 0 Å². The summed E-state index contributed by atoms with van der Waals surface area (Å²) in [5.41, 5.74) is 1.91. The number of aliphatic hydroxyl groups excluding tert-OH is 1. The van der Waals surface area contributed by atoms with E-state index in [1.807, 2.05) is 18.2 Å². The molecule has 6 heteroatoms. The number of hydrogen-bond donors (Lipinski definition) is 2. The number of hydrogen-bond acceptors (Lipinski definition) is 3. The molecule has 0 saturated carbocycles. The van der Waals surface area contributed by atoms with Gasteiger partial charge in [-0.1, -0.05) is 13.0 Å². The molecule has 1 aromatic heterocycles. The molecule has 2 N–H and O–H groups in total. The van der Waals surface area contributed by atoms with Crippen LogP contribution in [-0.4, -0.2) is 52.5 Å². The van der Waals surface area contributed by atoms with Crippen LogP contribution in [0.15, 0.2) is 30.5 Å². The van der Waals surface area contributed by atoms with Gasteiger partial charge in [0.15, 0.2) is 0 Å². The Morgan fingerprint density at radius 2 is 2.28 bits per heavy atom. The Balaban J connectivity index is 1.75. The standard InChI is InChI=1S/C19H27N3O3/c1-3-7-21-8-6-15-4-5-16(12-18(15)21)20-19(24)22-9-10-25-13-17(22)11-14(2)23/h4-6,8,12,14,17,23H,3,7,9-11,13H2,1-2H3,(H,20,24)/t14-,17-/m1/s1. The second-order valence-corrected chi connectivity index (χ2v) is 6.72. The number of morpholine rings is 1. The van der Waals surface area contributed by atoms with E-state index < -0.39 is 6.10 Å². The average molecular weight is 345 g/mol. The van der Waals surface area contributed by atoms with Crippen molar-refractivity contribution >= 4 is 22.6 Å². The molecule has 0 bridgehead atoms. The summed E-state index contributed by atoms with van der Waals surface area (Å²) in [5.74, 6) is 0. The molecule has 2 heterocycles. The number of benzene rings is 1. The SMILES string of the molecule is CCCn1ccc2ccc(NC(=O)N3CCOC[C@H]3C[C@@H](C)O)cc21. The average Bonchev–Trinajstić information content (AvgIpc) is 2.97. The molecule has 1 aliphatic rings. The van der Waals surface area contributed by atoms with Crippen LogP contribution >= 0.6 is 0 Å². The van der Waals surface area contributed by atoms with Gasteiger partial charge in [0, 0.05) is 25.0 Å². The molecule has 6 nitrogen and oxygen atoms in total. The second-order valence-electron chi connectivity index (χ2n) is 6.72. The largest absolute Gasteiger partial charge is 0.393 e. The summed E-state index contributed by atoms with van der Waals surface area (Å²) in [5, 5.41) is 13.8. The highest BCUT2D eigenvalue weighted by atomic mass is 16.5. The summed E-state index contributed by atoms with van der Waals surface area (Å²) in [6.07, 6.45) is 3.21. The Labute approximate surface area is 148 Å². The normalized spacial score (nSPS) is 19.2. The molecule has 0 aliphatic carbocycles. The zero-order chi connectivity index (χ0) is 17.8. The molecule has 3 rings (SSSR count). The molecule has 1 aromatic carbocycles. The van der Waals surface area contributed by atoms with Crippen molar-refractivity contribution in [2.45, 2.75) is 45.4 Å². The molecule has 1 fully saturated rings. The summed E-state index contributed by atoms with van der Waals surface area (Å²) in [6, 6.07) is 7.84. The van der Waals surface area contributed by atoms with Crippen LogP contribution in [0.1, 0.15) is 26.7 Å². The number of aliphatic hydroxyl groups is 1. The van der Waals surface area contributed by atoms with Gasteiger partial charge < -0.3 is 24.6 Å². The number of fused-ring (bicyclic) bond motifs is 1. The molecule has 2 amide bonds. The monoisotopic (exact) mass is 345 g/mol. The fraction of sp³-hybridized carbons (Fsp3) is 0.526. The smallest absolute Gasteiger partial charge is 0.322 e. The number of aromatic nitrogens is 1. The van der Waals surface area contributed by atoms with Crippen LogP contribution in [0.3, 0.4) is 0 Å². The molecule has 1 saturated heterocycles. The first-order valence-corrected chi connectivity index (χ1v) is 9.00. The quantitative estimate of drug-likeness (QED) is 0.875. The van der Waals surface area contributed by atoms with E-state index in [-0.39, 0.29) is 12.1 Å². The molecule has 2 atom stereocenters. The summed E-state index contributed by atoms with van der Waals surface area (Å²) >= 11 is 0. The molecule has 1 aliphatic heterocycles. The molecular formula is C19H27N3O3. The number of carbonyl (C=O) groups excluding carboxylic acids is 1. The highest BCUT2D eigenvalue weighted by Gasteiger charge is 2.28. The molecular weight excluding hydrogens is 318 g/mol. The maximum atomic E-state index is 12.7. The van der Waals surface area contributed by atoms with Crippen LogP contribution < -0.4 is 5.32 Å². The van der Waals surface area contributed by atoms with E-state index in [1.54, 1.807) is 11.8 Å². The lowest BCUT2D eigenvalue weighted by atomic mass is 10.1. The molecule has 25 heavy (non-hydrogen) atoms. The van der Waals surface area contributed by atoms with Gasteiger partial charge in [0.1, 0.15) is 0 Å². The van der Waals surface area contributed by atoms with Crippen molar-refractivity contribution in [2.24, 2.45) is 0 Å². The Morgan fingerprint density at radius 3 is 3.04 bits per heavy atom. The van der Waals surface area contributed by atoms with Crippen molar-refractivity contribution < 1.29 is 14.6 Å². The first-order valence-electron chi connectivity index (χ1n) is 9.00. The number of nitrogens with one attached hydrogen (secondary N) is 1. The van der Waals surface area contributed by atoms with E-state index in [9.17, 15) is 9.90 Å². The van der Waals surface area contributed by atoms with Gasteiger partial charge in [0.2, 0.25) is 0 Å². The first-order chi connectivity index (χ1) is 12.1. The van der Waals surface area contributed by atoms with E-state index in [0.29, 0.717) is 26.2 Å². The van der Waals surface area contributed by atoms with Gasteiger partial charge in [-0.25, -0.2) is 4.79 Å². The van der Waals surface area contributed by atoms with Gasteiger partial charge in [0.05, 0.1) is 30.9 Å². The fourth-order valence-corrected chi connectivity index (χ4v) is 3.40. The van der Waals surface area contributed by atoms with E-state index in [1.165, 1.54) is 5.39 Å². The van der Waals surface area contributed by atoms with Crippen LogP contribution in [0.4, 0.5) is 10.5 Å². The van der Waals surface area contributed by atoms with Crippen molar-refractivity contribution in [1.29, 1.82) is 0 Å². The third-order valence-electron chi connectivity index (χ3n) is 4.59. The van der Waals surface area contributed by atoms with Gasteiger partial charge in [-0.3, -0.25) is 0 Å². The minimum Gasteiger partial charge on any atom is -0.393 e. The number of aryl methyl sites for hydroxylation is 1.